The molecule has 5 atom stereocenters. The molecule has 2 fully saturated rings. The van der Waals surface area contributed by atoms with Gasteiger partial charge in [-0.25, -0.2) is 23.1 Å². The Morgan fingerprint density at radius 3 is 2.75 bits per heavy atom. The normalized spacial score (nSPS) is 36.8. The maximum Gasteiger partial charge on any atom is 0.224 e. The Morgan fingerprint density at radius 2 is 2.00 bits per heavy atom. The molecule has 1 aliphatic carbocycles. The van der Waals surface area contributed by atoms with Crippen LogP contribution in [0.5, 0.6) is 0 Å². The van der Waals surface area contributed by atoms with Gasteiger partial charge in [0.05, 0.1) is 26.3 Å². The molecule has 1 saturated heterocycles. The minimum atomic E-state index is -3.20. The highest BCUT2D eigenvalue weighted by Gasteiger charge is 2.27. The van der Waals surface area contributed by atoms with Gasteiger partial charge in [-0.05, 0) is 32.0 Å². The molecule has 1 aliphatic heterocycles. The quantitative estimate of drug-likeness (QED) is 0.540. The van der Waals surface area contributed by atoms with Gasteiger partial charge in [-0.2, -0.15) is 4.98 Å². The molecule has 11 heteroatoms. The molecule has 170 valence electrons. The van der Waals surface area contributed by atoms with Crippen LogP contribution in [0.3, 0.4) is 0 Å². The van der Waals surface area contributed by atoms with E-state index in [0.29, 0.717) is 25.2 Å². The highest BCUT2D eigenvalue weighted by atomic mass is 19.1. The molecular formula is C21H23F3N6O2. The molecule has 8 nitrogen and oxygen atoms in total. The first-order chi connectivity index (χ1) is 18.2. The first-order valence-electron chi connectivity index (χ1n) is 13.4. The number of halogens is 3. The van der Waals surface area contributed by atoms with Gasteiger partial charge in [0.15, 0.2) is 17.3 Å². The third-order valence-electron chi connectivity index (χ3n) is 5.03. The summed E-state index contributed by atoms with van der Waals surface area (Å²) in [7, 11) is 0. The molecule has 32 heavy (non-hydrogen) atoms. The zero-order chi connectivity index (χ0) is 28.5. The summed E-state index contributed by atoms with van der Waals surface area (Å²) in [6.07, 6.45) is -11.6. The van der Waals surface area contributed by atoms with E-state index >= 15 is 0 Å². The molecule has 0 radical (unpaired) electrons. The molecule has 5 rings (SSSR count). The molecule has 0 bridgehead atoms. The number of ether oxygens (including phenoxy) is 1. The molecule has 2 aliphatic rings. The van der Waals surface area contributed by atoms with Crippen molar-refractivity contribution in [2.75, 3.05) is 23.8 Å². The van der Waals surface area contributed by atoms with Gasteiger partial charge in [0, 0.05) is 33.0 Å². The van der Waals surface area contributed by atoms with Crippen LogP contribution in [0.25, 0.3) is 11.2 Å². The molecule has 2 aromatic heterocycles. The number of nitrogens with zero attached hydrogens (tertiary/aromatic N) is 4. The van der Waals surface area contributed by atoms with Crippen molar-refractivity contribution in [1.29, 1.82) is 0 Å². The third-order valence-corrected chi connectivity index (χ3v) is 5.03. The Morgan fingerprint density at radius 1 is 1.19 bits per heavy atom. The number of aliphatic hydroxyl groups is 1. The Bertz CT molecular complexity index is 1400. The number of aromatic nitrogens is 4. The molecule has 5 unspecified atom stereocenters. The maximum absolute atomic E-state index is 14.4. The minimum Gasteiger partial charge on any atom is -0.393 e. The van der Waals surface area contributed by atoms with Crippen molar-refractivity contribution >= 4 is 28.7 Å². The molecular weight excluding hydrogens is 425 g/mol. The topological polar surface area (TPSA) is 97.1 Å². The van der Waals surface area contributed by atoms with Crippen molar-refractivity contribution in [1.82, 2.24) is 19.5 Å². The highest BCUT2D eigenvalue weighted by Crippen LogP contribution is 2.32. The summed E-state index contributed by atoms with van der Waals surface area (Å²) in [5, 5.41) is 15.3. The fourth-order valence-electron chi connectivity index (χ4n) is 3.54. The lowest BCUT2D eigenvalue weighted by Gasteiger charge is -2.26. The lowest BCUT2D eigenvalue weighted by atomic mass is 9.93. The van der Waals surface area contributed by atoms with E-state index in [9.17, 15) is 18.3 Å². The zero-order valence-electron chi connectivity index (χ0n) is 23.4. The second-order valence-electron chi connectivity index (χ2n) is 7.22. The van der Waals surface area contributed by atoms with Gasteiger partial charge < -0.3 is 20.5 Å². The monoisotopic (exact) mass is 455 g/mol. The predicted molar refractivity (Wildman–Crippen MR) is 111 cm³/mol. The van der Waals surface area contributed by atoms with E-state index in [-0.39, 0.29) is 29.7 Å². The van der Waals surface area contributed by atoms with Crippen LogP contribution in [0.1, 0.15) is 47.6 Å². The molecule has 3 N–H and O–H groups in total. The zero-order valence-corrected chi connectivity index (χ0v) is 16.4. The third kappa shape index (κ3) is 4.09. The Hall–Kier alpha value is -2.92. The SMILES string of the molecule is [2H]C1C(Nc2ncc3nc(Nc4c(F)cc(F)cc4F)n(C4CCOC4)c3n2)C([2H])([2H])C([2H])C([2H])(O)C1([2H])[2H]. The number of fused-ring (bicyclic) bond motifs is 1. The van der Waals surface area contributed by atoms with Gasteiger partial charge in [0.1, 0.15) is 17.0 Å². The number of hydrogen-bond acceptors (Lipinski definition) is 7. The van der Waals surface area contributed by atoms with Crippen molar-refractivity contribution in [3.05, 3.63) is 35.8 Å². The minimum absolute atomic E-state index is 0.0652. The largest absolute Gasteiger partial charge is 0.393 e. The summed E-state index contributed by atoms with van der Waals surface area (Å²) in [4.78, 5) is 12.7. The average Bonchev–Trinajstić information content (AvgIpc) is 3.50. The smallest absolute Gasteiger partial charge is 0.224 e. The van der Waals surface area contributed by atoms with Crippen LogP contribution in [-0.4, -0.2) is 50.0 Å². The maximum atomic E-state index is 14.4. The standard InChI is InChI=1S/C21H23F3N6O2/c22-11-7-15(23)18(16(24)8-11)28-21-27-17-9-25-20(26-12-1-3-14(31)4-2-12)29-19(17)30(21)13-5-6-32-10-13/h7-9,12-14,31H,1-6,10H2,(H,27,28)(H,25,26,29)/i1D,2D2,3D2,4D,14D. The summed E-state index contributed by atoms with van der Waals surface area (Å²) >= 11 is 0. The molecule has 0 amide bonds. The van der Waals surface area contributed by atoms with Crippen LogP contribution in [0.15, 0.2) is 18.3 Å². The average molecular weight is 455 g/mol. The number of anilines is 3. The molecule has 3 heterocycles. The Balaban J connectivity index is 1.56. The Kier molecular flexibility index (Phi) is 3.81. The van der Waals surface area contributed by atoms with Crippen LogP contribution in [-0.2, 0) is 4.74 Å². The number of benzene rings is 1. The first kappa shape index (κ1) is 14.3. The van der Waals surface area contributed by atoms with Crippen molar-refractivity contribution in [2.24, 2.45) is 0 Å². The number of hydrogen-bond donors (Lipinski definition) is 3. The van der Waals surface area contributed by atoms with Gasteiger partial charge in [-0.1, -0.05) is 0 Å². The van der Waals surface area contributed by atoms with E-state index in [1.54, 1.807) is 0 Å². The molecule has 1 saturated carbocycles. The summed E-state index contributed by atoms with van der Waals surface area (Å²) in [5.74, 6) is -3.84. The van der Waals surface area contributed by atoms with Crippen molar-refractivity contribution in [3.63, 3.8) is 0 Å². The summed E-state index contributed by atoms with van der Waals surface area (Å²) in [6.45, 7) is 0.572. The van der Waals surface area contributed by atoms with Gasteiger partial charge in [-0.3, -0.25) is 4.57 Å². The number of imidazole rings is 1. The van der Waals surface area contributed by atoms with E-state index in [1.165, 1.54) is 10.8 Å². The van der Waals surface area contributed by atoms with Gasteiger partial charge in [-0.15, -0.1) is 0 Å². The second-order valence-corrected chi connectivity index (χ2v) is 7.22. The van der Waals surface area contributed by atoms with E-state index < -0.39 is 66.8 Å². The van der Waals surface area contributed by atoms with E-state index in [4.69, 9.17) is 14.3 Å². The van der Waals surface area contributed by atoms with Crippen molar-refractivity contribution < 1.29 is 32.6 Å². The van der Waals surface area contributed by atoms with Gasteiger partial charge in [0.25, 0.3) is 0 Å². The predicted octanol–water partition coefficient (Wildman–Crippen LogP) is 3.66. The highest BCUT2D eigenvalue weighted by molar-refractivity contribution is 5.76. The number of nitrogens with one attached hydrogen (secondary N) is 2. The first-order valence-corrected chi connectivity index (χ1v) is 9.74. The fraction of sp³-hybridized carbons (Fsp3) is 0.476. The Labute approximate surface area is 191 Å². The van der Waals surface area contributed by atoms with Gasteiger partial charge in [0.2, 0.25) is 11.9 Å². The fourth-order valence-corrected chi connectivity index (χ4v) is 3.54. The van der Waals surface area contributed by atoms with Gasteiger partial charge >= 0.3 is 0 Å². The molecule has 3 aromatic rings. The summed E-state index contributed by atoms with van der Waals surface area (Å²) in [5.41, 5.74) is -0.382. The van der Waals surface area contributed by atoms with Crippen LogP contribution < -0.4 is 10.6 Å². The van der Waals surface area contributed by atoms with Crippen molar-refractivity contribution in [3.8, 4) is 0 Å². The van der Waals surface area contributed by atoms with Crippen LogP contribution in [0.4, 0.5) is 30.8 Å². The van der Waals surface area contributed by atoms with E-state index in [1.807, 2.05) is 0 Å². The lowest BCUT2D eigenvalue weighted by Crippen LogP contribution is -2.29. The number of rotatable bonds is 5. The molecule has 0 spiro atoms. The van der Waals surface area contributed by atoms with E-state index in [0.717, 1.165) is 0 Å². The van der Waals surface area contributed by atoms with Crippen LogP contribution in [0, 0.1) is 17.5 Å². The van der Waals surface area contributed by atoms with E-state index in [2.05, 4.69) is 25.6 Å². The van der Waals surface area contributed by atoms with Crippen molar-refractivity contribution in [2.45, 2.75) is 50.1 Å². The van der Waals surface area contributed by atoms with Crippen LogP contribution in [0.2, 0.25) is 0 Å². The van der Waals surface area contributed by atoms with Crippen LogP contribution >= 0.6 is 0 Å². The summed E-state index contributed by atoms with van der Waals surface area (Å²) in [6, 6.07) is -1.14. The summed E-state index contributed by atoms with van der Waals surface area (Å²) < 4.78 is 106. The second kappa shape index (κ2) is 8.55. The molecule has 1 aromatic carbocycles. The lowest BCUT2D eigenvalue weighted by molar-refractivity contribution is 0.126.